The van der Waals surface area contributed by atoms with Crippen LogP contribution in [0.2, 0.25) is 0 Å². The lowest BCUT2D eigenvalue weighted by Crippen LogP contribution is -2.28. The van der Waals surface area contributed by atoms with Gasteiger partial charge in [0.15, 0.2) is 0 Å². The Labute approximate surface area is 143 Å². The SMILES string of the molecule is CCc1nc(OC(CC)CCNS(C)(=O)=O)c2c(C)cccc2n1. The highest BCUT2D eigenvalue weighted by molar-refractivity contribution is 7.88. The summed E-state index contributed by atoms with van der Waals surface area (Å²) in [6, 6.07) is 5.94. The standard InChI is InChI=1S/C17H25N3O3S/c1-5-13(10-11-18-24(4,21)22)23-17-16-12(3)8-7-9-14(16)19-15(6-2)20-17/h7-9,13,18H,5-6,10-11H2,1-4H3. The van der Waals surface area contributed by atoms with Crippen molar-refractivity contribution >= 4 is 20.9 Å². The van der Waals surface area contributed by atoms with Gasteiger partial charge in [0.25, 0.3) is 0 Å². The highest BCUT2D eigenvalue weighted by Gasteiger charge is 2.15. The molecule has 1 aromatic carbocycles. The smallest absolute Gasteiger partial charge is 0.225 e. The van der Waals surface area contributed by atoms with Crippen LogP contribution in [0.25, 0.3) is 10.9 Å². The van der Waals surface area contributed by atoms with Crippen LogP contribution in [0, 0.1) is 6.92 Å². The second-order valence-corrected chi connectivity index (χ2v) is 7.70. The van der Waals surface area contributed by atoms with Crippen LogP contribution in [-0.2, 0) is 16.4 Å². The lowest BCUT2D eigenvalue weighted by Gasteiger charge is -2.19. The van der Waals surface area contributed by atoms with Crippen molar-refractivity contribution < 1.29 is 13.2 Å². The van der Waals surface area contributed by atoms with Crippen molar-refractivity contribution in [3.63, 3.8) is 0 Å². The molecule has 0 bridgehead atoms. The summed E-state index contributed by atoms with van der Waals surface area (Å²) in [5.41, 5.74) is 1.94. The van der Waals surface area contributed by atoms with Gasteiger partial charge in [-0.2, -0.15) is 4.98 Å². The van der Waals surface area contributed by atoms with Gasteiger partial charge in [-0.15, -0.1) is 0 Å². The average Bonchev–Trinajstić information content (AvgIpc) is 2.52. The Morgan fingerprint density at radius 1 is 1.25 bits per heavy atom. The Kier molecular flexibility index (Phi) is 6.12. The Morgan fingerprint density at radius 3 is 2.62 bits per heavy atom. The van der Waals surface area contributed by atoms with Crippen molar-refractivity contribution in [3.8, 4) is 5.88 Å². The fraction of sp³-hybridized carbons (Fsp3) is 0.529. The third kappa shape index (κ3) is 4.88. The van der Waals surface area contributed by atoms with Gasteiger partial charge in [-0.3, -0.25) is 0 Å². The molecule has 24 heavy (non-hydrogen) atoms. The summed E-state index contributed by atoms with van der Waals surface area (Å²) in [7, 11) is -3.18. The van der Waals surface area contributed by atoms with E-state index < -0.39 is 10.0 Å². The third-order valence-electron chi connectivity index (χ3n) is 3.83. The van der Waals surface area contributed by atoms with E-state index in [1.807, 2.05) is 39.0 Å². The minimum Gasteiger partial charge on any atom is -0.474 e. The quantitative estimate of drug-likeness (QED) is 0.790. The van der Waals surface area contributed by atoms with E-state index in [-0.39, 0.29) is 6.10 Å². The molecule has 0 aliphatic rings. The van der Waals surface area contributed by atoms with Crippen molar-refractivity contribution in [2.75, 3.05) is 12.8 Å². The fourth-order valence-corrected chi connectivity index (χ4v) is 3.00. The van der Waals surface area contributed by atoms with Crippen molar-refractivity contribution in [1.29, 1.82) is 0 Å². The second kappa shape index (κ2) is 7.90. The number of aromatic nitrogens is 2. The number of ether oxygens (including phenoxy) is 1. The Morgan fingerprint density at radius 2 is 2.00 bits per heavy atom. The summed E-state index contributed by atoms with van der Waals surface area (Å²) in [6.07, 6.45) is 3.13. The van der Waals surface area contributed by atoms with Crippen LogP contribution in [-0.4, -0.2) is 37.3 Å². The van der Waals surface area contributed by atoms with Gasteiger partial charge < -0.3 is 4.74 Å². The maximum atomic E-state index is 11.2. The minimum absolute atomic E-state index is 0.110. The highest BCUT2D eigenvalue weighted by atomic mass is 32.2. The molecule has 0 radical (unpaired) electrons. The molecule has 1 N–H and O–H groups in total. The molecule has 0 amide bonds. The molecule has 2 rings (SSSR count). The van der Waals surface area contributed by atoms with E-state index >= 15 is 0 Å². The zero-order valence-electron chi connectivity index (χ0n) is 14.7. The molecule has 0 saturated heterocycles. The molecule has 0 aliphatic heterocycles. The summed E-state index contributed by atoms with van der Waals surface area (Å²) in [4.78, 5) is 9.11. The topological polar surface area (TPSA) is 81.2 Å². The summed E-state index contributed by atoms with van der Waals surface area (Å²) < 4.78 is 31.0. The first-order valence-corrected chi connectivity index (χ1v) is 10.1. The van der Waals surface area contributed by atoms with Crippen LogP contribution >= 0.6 is 0 Å². The number of nitrogens with one attached hydrogen (secondary N) is 1. The van der Waals surface area contributed by atoms with E-state index in [9.17, 15) is 8.42 Å². The first kappa shape index (κ1) is 18.6. The fourth-order valence-electron chi connectivity index (χ4n) is 2.51. The molecule has 0 saturated carbocycles. The van der Waals surface area contributed by atoms with Gasteiger partial charge in [-0.25, -0.2) is 18.1 Å². The van der Waals surface area contributed by atoms with Gasteiger partial charge in [0.05, 0.1) is 17.2 Å². The second-order valence-electron chi connectivity index (χ2n) is 5.87. The van der Waals surface area contributed by atoms with E-state index in [4.69, 9.17) is 4.74 Å². The molecule has 1 unspecified atom stereocenters. The largest absolute Gasteiger partial charge is 0.474 e. The molecular weight excluding hydrogens is 326 g/mol. The van der Waals surface area contributed by atoms with Crippen LogP contribution in [0.4, 0.5) is 0 Å². The molecule has 6 nitrogen and oxygen atoms in total. The molecule has 7 heteroatoms. The zero-order valence-corrected chi connectivity index (χ0v) is 15.5. The number of aryl methyl sites for hydroxylation is 2. The van der Waals surface area contributed by atoms with E-state index in [0.717, 1.165) is 41.4 Å². The highest BCUT2D eigenvalue weighted by Crippen LogP contribution is 2.27. The molecule has 2 aromatic rings. The number of benzene rings is 1. The monoisotopic (exact) mass is 351 g/mol. The lowest BCUT2D eigenvalue weighted by molar-refractivity contribution is 0.182. The maximum Gasteiger partial charge on any atom is 0.225 e. The predicted molar refractivity (Wildman–Crippen MR) is 95.8 cm³/mol. The summed E-state index contributed by atoms with van der Waals surface area (Å²) in [5.74, 6) is 1.33. The van der Waals surface area contributed by atoms with Crippen LogP contribution in [0.3, 0.4) is 0 Å². The predicted octanol–water partition coefficient (Wildman–Crippen LogP) is 2.60. The van der Waals surface area contributed by atoms with Gasteiger partial charge in [0, 0.05) is 13.0 Å². The van der Waals surface area contributed by atoms with Gasteiger partial charge >= 0.3 is 0 Å². The normalized spacial score (nSPS) is 13.2. The van der Waals surface area contributed by atoms with Crippen LogP contribution in [0.5, 0.6) is 5.88 Å². The first-order chi connectivity index (χ1) is 11.3. The Hall–Kier alpha value is -1.73. The van der Waals surface area contributed by atoms with Crippen molar-refractivity contribution in [2.24, 2.45) is 0 Å². The van der Waals surface area contributed by atoms with Crippen molar-refractivity contribution in [2.45, 2.75) is 46.1 Å². The van der Waals surface area contributed by atoms with Gasteiger partial charge in [-0.1, -0.05) is 26.0 Å². The molecule has 1 atom stereocenters. The molecule has 0 spiro atoms. The molecule has 0 fully saturated rings. The Bertz CT molecular complexity index is 806. The number of sulfonamides is 1. The molecule has 1 aromatic heterocycles. The van der Waals surface area contributed by atoms with E-state index in [1.54, 1.807) is 0 Å². The number of rotatable bonds is 8. The van der Waals surface area contributed by atoms with E-state index in [2.05, 4.69) is 14.7 Å². The summed E-state index contributed by atoms with van der Waals surface area (Å²) in [5, 5.41) is 0.921. The Balaban J connectivity index is 2.26. The summed E-state index contributed by atoms with van der Waals surface area (Å²) >= 11 is 0. The van der Waals surface area contributed by atoms with Gasteiger partial charge in [0.2, 0.25) is 15.9 Å². The number of nitrogens with zero attached hydrogens (tertiary/aromatic N) is 2. The molecule has 132 valence electrons. The third-order valence-corrected chi connectivity index (χ3v) is 4.55. The van der Waals surface area contributed by atoms with Gasteiger partial charge in [-0.05, 0) is 31.4 Å². The van der Waals surface area contributed by atoms with E-state index in [0.29, 0.717) is 18.8 Å². The maximum absolute atomic E-state index is 11.2. The van der Waals surface area contributed by atoms with Gasteiger partial charge in [0.1, 0.15) is 11.9 Å². The first-order valence-electron chi connectivity index (χ1n) is 8.21. The van der Waals surface area contributed by atoms with Crippen LogP contribution in [0.1, 0.15) is 38.1 Å². The number of fused-ring (bicyclic) bond motifs is 1. The van der Waals surface area contributed by atoms with Crippen molar-refractivity contribution in [3.05, 3.63) is 29.6 Å². The lowest BCUT2D eigenvalue weighted by atomic mass is 10.1. The molecule has 0 aliphatic carbocycles. The van der Waals surface area contributed by atoms with E-state index in [1.165, 1.54) is 0 Å². The van der Waals surface area contributed by atoms with Crippen LogP contribution < -0.4 is 9.46 Å². The number of hydrogen-bond acceptors (Lipinski definition) is 5. The summed E-state index contributed by atoms with van der Waals surface area (Å²) in [6.45, 7) is 6.38. The zero-order chi connectivity index (χ0) is 17.7. The van der Waals surface area contributed by atoms with Crippen molar-refractivity contribution in [1.82, 2.24) is 14.7 Å². The molecular formula is C17H25N3O3S. The minimum atomic E-state index is -3.18. The van der Waals surface area contributed by atoms with Crippen LogP contribution in [0.15, 0.2) is 18.2 Å². The molecule has 1 heterocycles. The number of hydrogen-bond donors (Lipinski definition) is 1. The average molecular weight is 351 g/mol.